The molecular formula is C20H20BrN3O3. The van der Waals surface area contributed by atoms with Gasteiger partial charge in [-0.1, -0.05) is 28.1 Å². The van der Waals surface area contributed by atoms with E-state index in [0.717, 1.165) is 16.5 Å². The van der Waals surface area contributed by atoms with Crippen molar-refractivity contribution in [2.45, 2.75) is 25.4 Å². The zero-order valence-electron chi connectivity index (χ0n) is 14.7. The lowest BCUT2D eigenvalue weighted by Crippen LogP contribution is -2.45. The molecule has 140 valence electrons. The van der Waals surface area contributed by atoms with Crippen LogP contribution in [0.5, 0.6) is 0 Å². The van der Waals surface area contributed by atoms with Gasteiger partial charge in [-0.3, -0.25) is 14.4 Å². The molecule has 2 aromatic carbocycles. The van der Waals surface area contributed by atoms with Gasteiger partial charge in [0.15, 0.2) is 0 Å². The Bertz CT molecular complexity index is 867. The first-order valence-corrected chi connectivity index (χ1v) is 9.48. The number of amides is 3. The van der Waals surface area contributed by atoms with E-state index in [0.29, 0.717) is 24.1 Å². The molecule has 1 aliphatic rings. The van der Waals surface area contributed by atoms with E-state index in [1.165, 1.54) is 0 Å². The Labute approximate surface area is 165 Å². The average molecular weight is 430 g/mol. The van der Waals surface area contributed by atoms with E-state index in [2.05, 4.69) is 21.2 Å². The van der Waals surface area contributed by atoms with E-state index in [9.17, 15) is 14.4 Å². The Kier molecular flexibility index (Phi) is 5.91. The summed E-state index contributed by atoms with van der Waals surface area (Å²) in [5.74, 6) is -0.844. The van der Waals surface area contributed by atoms with E-state index in [1.807, 2.05) is 18.2 Å². The average Bonchev–Trinajstić information content (AvgIpc) is 3.16. The number of carbonyl (C=O) groups excluding carboxylic acids is 3. The minimum atomic E-state index is -0.509. The quantitative estimate of drug-likeness (QED) is 0.764. The van der Waals surface area contributed by atoms with Crippen molar-refractivity contribution in [3.8, 4) is 0 Å². The van der Waals surface area contributed by atoms with Crippen molar-refractivity contribution in [3.05, 3.63) is 69.7 Å². The van der Waals surface area contributed by atoms with Gasteiger partial charge in [-0.25, -0.2) is 0 Å². The maximum atomic E-state index is 12.7. The number of hydrogen-bond acceptors (Lipinski definition) is 3. The standard InChI is InChI=1S/C20H20BrN3O3/c21-16-8-6-14(7-9-16)20(27)24-10-2-5-17(24)19(26)23-12-13-3-1-4-15(11-13)18(22)25/h1,3-4,6-9,11,17H,2,5,10,12H2,(H2,22,25)(H,23,26). The summed E-state index contributed by atoms with van der Waals surface area (Å²) >= 11 is 3.35. The number of nitrogens with zero attached hydrogens (tertiary/aromatic N) is 1. The lowest BCUT2D eigenvalue weighted by Gasteiger charge is -2.24. The Hall–Kier alpha value is -2.67. The van der Waals surface area contributed by atoms with E-state index in [-0.39, 0.29) is 18.4 Å². The molecule has 6 nitrogen and oxygen atoms in total. The molecule has 3 amide bonds. The predicted molar refractivity (Wildman–Crippen MR) is 105 cm³/mol. The Morgan fingerprint density at radius 2 is 1.85 bits per heavy atom. The van der Waals surface area contributed by atoms with Crippen molar-refractivity contribution in [3.63, 3.8) is 0 Å². The van der Waals surface area contributed by atoms with Crippen LogP contribution in [0.2, 0.25) is 0 Å². The highest BCUT2D eigenvalue weighted by Gasteiger charge is 2.34. The summed E-state index contributed by atoms with van der Waals surface area (Å²) < 4.78 is 0.896. The molecule has 0 bridgehead atoms. The number of halogens is 1. The fourth-order valence-electron chi connectivity index (χ4n) is 3.18. The van der Waals surface area contributed by atoms with Gasteiger partial charge in [-0.2, -0.15) is 0 Å². The first-order chi connectivity index (χ1) is 13.0. The molecule has 0 saturated carbocycles. The summed E-state index contributed by atoms with van der Waals surface area (Å²) in [4.78, 5) is 38.3. The molecule has 1 atom stereocenters. The second-order valence-corrected chi connectivity index (χ2v) is 7.36. The van der Waals surface area contributed by atoms with Gasteiger partial charge in [0.2, 0.25) is 11.8 Å². The van der Waals surface area contributed by atoms with Crippen LogP contribution in [0.1, 0.15) is 39.1 Å². The van der Waals surface area contributed by atoms with Crippen LogP contribution >= 0.6 is 15.9 Å². The smallest absolute Gasteiger partial charge is 0.254 e. The molecule has 0 radical (unpaired) electrons. The molecule has 2 aromatic rings. The Morgan fingerprint density at radius 3 is 2.56 bits per heavy atom. The third-order valence-corrected chi connectivity index (χ3v) is 5.11. The van der Waals surface area contributed by atoms with Gasteiger partial charge in [0.05, 0.1) is 0 Å². The summed E-state index contributed by atoms with van der Waals surface area (Å²) in [5.41, 5.74) is 7.02. The van der Waals surface area contributed by atoms with E-state index in [1.54, 1.807) is 35.2 Å². The number of benzene rings is 2. The van der Waals surface area contributed by atoms with Crippen molar-refractivity contribution >= 4 is 33.7 Å². The van der Waals surface area contributed by atoms with E-state index < -0.39 is 11.9 Å². The van der Waals surface area contributed by atoms with Crippen LogP contribution in [0, 0.1) is 0 Å². The summed E-state index contributed by atoms with van der Waals surface area (Å²) in [6.07, 6.45) is 1.42. The van der Waals surface area contributed by atoms with Gasteiger partial charge in [0.25, 0.3) is 5.91 Å². The molecule has 0 aromatic heterocycles. The van der Waals surface area contributed by atoms with Crippen molar-refractivity contribution < 1.29 is 14.4 Å². The van der Waals surface area contributed by atoms with Gasteiger partial charge < -0.3 is 16.0 Å². The van der Waals surface area contributed by atoms with Gasteiger partial charge in [-0.15, -0.1) is 0 Å². The maximum Gasteiger partial charge on any atom is 0.254 e. The highest BCUT2D eigenvalue weighted by molar-refractivity contribution is 9.10. The number of hydrogen-bond donors (Lipinski definition) is 2. The molecule has 3 N–H and O–H groups in total. The highest BCUT2D eigenvalue weighted by Crippen LogP contribution is 2.21. The van der Waals surface area contributed by atoms with Crippen LogP contribution in [-0.2, 0) is 11.3 Å². The van der Waals surface area contributed by atoms with Gasteiger partial charge in [-0.05, 0) is 54.8 Å². The zero-order chi connectivity index (χ0) is 19.4. The molecule has 0 aliphatic carbocycles. The highest BCUT2D eigenvalue weighted by atomic mass is 79.9. The van der Waals surface area contributed by atoms with Crippen molar-refractivity contribution in [2.24, 2.45) is 5.73 Å². The summed E-state index contributed by atoms with van der Waals surface area (Å²) in [5, 5.41) is 2.86. The summed E-state index contributed by atoms with van der Waals surface area (Å²) in [6, 6.07) is 13.4. The number of carbonyl (C=O) groups is 3. The predicted octanol–water partition coefficient (Wildman–Crippen LogP) is 2.47. The fourth-order valence-corrected chi connectivity index (χ4v) is 3.45. The van der Waals surface area contributed by atoms with Crippen molar-refractivity contribution in [1.29, 1.82) is 0 Å². The topological polar surface area (TPSA) is 92.5 Å². The molecule has 1 unspecified atom stereocenters. The molecule has 27 heavy (non-hydrogen) atoms. The molecule has 1 fully saturated rings. The second kappa shape index (κ2) is 8.35. The molecule has 1 saturated heterocycles. The first kappa shape index (κ1) is 19.1. The van der Waals surface area contributed by atoms with Crippen molar-refractivity contribution in [2.75, 3.05) is 6.54 Å². The fraction of sp³-hybridized carbons (Fsp3) is 0.250. The molecule has 1 aliphatic heterocycles. The molecule has 0 spiro atoms. The minimum Gasteiger partial charge on any atom is -0.366 e. The van der Waals surface area contributed by atoms with E-state index >= 15 is 0 Å². The monoisotopic (exact) mass is 429 g/mol. The lowest BCUT2D eigenvalue weighted by molar-refractivity contribution is -0.125. The van der Waals surface area contributed by atoms with Gasteiger partial charge >= 0.3 is 0 Å². The minimum absolute atomic E-state index is 0.143. The largest absolute Gasteiger partial charge is 0.366 e. The number of likely N-dealkylation sites (tertiary alicyclic amines) is 1. The van der Waals surface area contributed by atoms with Crippen LogP contribution in [0.3, 0.4) is 0 Å². The Balaban J connectivity index is 1.65. The molecular weight excluding hydrogens is 410 g/mol. The zero-order valence-corrected chi connectivity index (χ0v) is 16.2. The number of nitrogens with one attached hydrogen (secondary N) is 1. The summed E-state index contributed by atoms with van der Waals surface area (Å²) in [7, 11) is 0. The van der Waals surface area contributed by atoms with Gasteiger partial charge in [0.1, 0.15) is 6.04 Å². The number of primary amides is 1. The first-order valence-electron chi connectivity index (χ1n) is 8.68. The SMILES string of the molecule is NC(=O)c1cccc(CNC(=O)C2CCCN2C(=O)c2ccc(Br)cc2)c1. The maximum absolute atomic E-state index is 12.7. The third-order valence-electron chi connectivity index (χ3n) is 4.59. The normalized spacial score (nSPS) is 16.2. The van der Waals surface area contributed by atoms with Crippen LogP contribution in [0.15, 0.2) is 53.0 Å². The molecule has 3 rings (SSSR count). The van der Waals surface area contributed by atoms with Crippen LogP contribution in [0.25, 0.3) is 0 Å². The lowest BCUT2D eigenvalue weighted by atomic mass is 10.1. The third kappa shape index (κ3) is 4.54. The van der Waals surface area contributed by atoms with Crippen molar-refractivity contribution in [1.82, 2.24) is 10.2 Å². The number of nitrogens with two attached hydrogens (primary N) is 1. The molecule has 1 heterocycles. The van der Waals surface area contributed by atoms with Gasteiger partial charge in [0, 0.05) is 28.7 Å². The number of rotatable bonds is 5. The van der Waals surface area contributed by atoms with Crippen LogP contribution < -0.4 is 11.1 Å². The Morgan fingerprint density at radius 1 is 1.11 bits per heavy atom. The van der Waals surface area contributed by atoms with Crippen LogP contribution in [-0.4, -0.2) is 35.2 Å². The molecule has 7 heteroatoms. The van der Waals surface area contributed by atoms with Crippen LogP contribution in [0.4, 0.5) is 0 Å². The summed E-state index contributed by atoms with van der Waals surface area (Å²) in [6.45, 7) is 0.834. The van der Waals surface area contributed by atoms with E-state index in [4.69, 9.17) is 5.73 Å². The second-order valence-electron chi connectivity index (χ2n) is 6.45.